The van der Waals surface area contributed by atoms with Crippen molar-refractivity contribution in [1.29, 1.82) is 0 Å². The average Bonchev–Trinajstić information content (AvgIpc) is 3.71. The van der Waals surface area contributed by atoms with Crippen LogP contribution in [0.2, 0.25) is 0 Å². The van der Waals surface area contributed by atoms with E-state index >= 15 is 0 Å². The molecule has 0 fully saturated rings. The quantitative estimate of drug-likeness (QED) is 0.190. The lowest BCUT2D eigenvalue weighted by atomic mass is 9.63. The van der Waals surface area contributed by atoms with Crippen LogP contribution in [-0.4, -0.2) is 0 Å². The minimum atomic E-state index is -3.20. The van der Waals surface area contributed by atoms with Crippen molar-refractivity contribution in [2.45, 2.75) is 5.41 Å². The zero-order valence-electron chi connectivity index (χ0n) is 46.0. The maximum absolute atomic E-state index is 10.0. The maximum atomic E-state index is 10.0. The lowest BCUT2D eigenvalue weighted by molar-refractivity contribution is 0.435. The molecule has 0 spiro atoms. The van der Waals surface area contributed by atoms with Crippen molar-refractivity contribution in [3.8, 4) is 33.8 Å². The van der Waals surface area contributed by atoms with Gasteiger partial charge in [-0.15, -0.1) is 0 Å². The normalized spacial score (nSPS) is 19.2. The van der Waals surface area contributed by atoms with Crippen molar-refractivity contribution in [3.63, 3.8) is 0 Å². The molecule has 0 saturated heterocycles. The van der Waals surface area contributed by atoms with Crippen molar-refractivity contribution < 1.29 is 37.9 Å². The van der Waals surface area contributed by atoms with Crippen molar-refractivity contribution >= 4 is 32.7 Å². The number of para-hydroxylation sites is 1. The van der Waals surface area contributed by atoms with Crippen LogP contribution in [0.4, 0.5) is 0 Å². The Labute approximate surface area is 314 Å². The Bertz CT molecular complexity index is 3730. The molecular formula is C47H30O2. The predicted molar refractivity (Wildman–Crippen MR) is 200 cm³/mol. The minimum Gasteiger partial charge on any atom is -0.457 e. The lowest BCUT2D eigenvalue weighted by Gasteiger charge is -2.41. The van der Waals surface area contributed by atoms with E-state index in [0.29, 0.717) is 21.9 Å². The van der Waals surface area contributed by atoms with E-state index in [1.165, 1.54) is 0 Å². The molecule has 0 unspecified atom stereocenters. The molecule has 49 heavy (non-hydrogen) atoms. The Morgan fingerprint density at radius 1 is 0.490 bits per heavy atom. The Kier molecular flexibility index (Phi) is 3.09. The molecule has 0 amide bonds. The summed E-state index contributed by atoms with van der Waals surface area (Å²) in [4.78, 5) is 0. The highest BCUT2D eigenvalue weighted by atomic mass is 16.5. The molecule has 1 aromatic heterocycles. The summed E-state index contributed by atoms with van der Waals surface area (Å²) in [6.45, 7) is 0. The van der Waals surface area contributed by atoms with E-state index in [2.05, 4.69) is 0 Å². The highest BCUT2D eigenvalue weighted by Crippen LogP contribution is 2.56. The van der Waals surface area contributed by atoms with Gasteiger partial charge < -0.3 is 9.15 Å². The molecule has 0 bridgehead atoms. The van der Waals surface area contributed by atoms with E-state index in [1.54, 1.807) is 24.3 Å². The first-order valence-electron chi connectivity index (χ1n) is 25.5. The average molecular weight is 648 g/mol. The van der Waals surface area contributed by atoms with Crippen LogP contribution in [0.25, 0.3) is 55.0 Å². The molecule has 1 aliphatic rings. The van der Waals surface area contributed by atoms with Gasteiger partial charge in [0.2, 0.25) is 0 Å². The molecule has 230 valence electrons. The van der Waals surface area contributed by atoms with Crippen molar-refractivity contribution in [3.05, 3.63) is 204 Å². The fourth-order valence-electron chi connectivity index (χ4n) is 6.65. The summed E-state index contributed by atoms with van der Waals surface area (Å²) in [5, 5.41) is 2.54. The number of hydrogen-bond donors (Lipinski definition) is 0. The van der Waals surface area contributed by atoms with E-state index in [-0.39, 0.29) is 11.1 Å². The highest BCUT2D eigenvalue weighted by molar-refractivity contribution is 6.16. The van der Waals surface area contributed by atoms with Gasteiger partial charge in [-0.05, 0) is 74.4 Å². The molecule has 10 rings (SSSR count). The summed E-state index contributed by atoms with van der Waals surface area (Å²) in [5.41, 5.74) is -7.58. The SMILES string of the molecule is [2H]c1c([2H])c([2H])c(C2(c3c([2H])c([2H])c([2H])c([2H])c3[2H])c3c([2H])c([2H])c([2H])c([2H])c3Oc3c([2H])c(-c4c([2H])c([2H])c([2H])c([2H])c4-c4cccc5oc6cc7ccccc7cc6c45)c([2H])c([2H])c32)c([2H])c1[2H]. The minimum absolute atomic E-state index is 0.143. The molecular weight excluding hydrogens is 597 g/mol. The van der Waals surface area contributed by atoms with Crippen LogP contribution in [0.15, 0.2) is 186 Å². The first-order chi connectivity index (χ1) is 33.0. The number of furan rings is 1. The molecule has 2 heterocycles. The second-order valence-electron chi connectivity index (χ2n) is 11.2. The van der Waals surface area contributed by atoms with Crippen molar-refractivity contribution in [1.82, 2.24) is 0 Å². The Balaban J connectivity index is 1.45. The van der Waals surface area contributed by atoms with E-state index in [9.17, 15) is 13.7 Å². The van der Waals surface area contributed by atoms with Gasteiger partial charge in [-0.25, -0.2) is 0 Å². The number of fused-ring (bicyclic) bond motifs is 6. The standard InChI is InChI=1S/C47H30O2/c1-3-16-34(17-4-1)47(35-18-5-2-6-19-35)40-23-11-12-24-42(40)48-45-30-33(26-27-41(45)47)36-20-9-10-21-37(36)38-22-13-25-43-46(38)39-28-31-14-7-8-15-32(31)29-44(39)49-43/h1-30H/i1D,2D,3D,4D,5D,6D,9D,10D,11D,12D,16D,17D,18D,19D,20D,21D,23D,24D,26D,27D,30D. The van der Waals surface area contributed by atoms with E-state index < -0.39 is 177 Å². The third-order valence-electron chi connectivity index (χ3n) is 8.71. The van der Waals surface area contributed by atoms with Crippen molar-refractivity contribution in [2.24, 2.45) is 0 Å². The van der Waals surface area contributed by atoms with Gasteiger partial charge in [-0.1, -0.05) is 151 Å². The number of hydrogen-bond acceptors (Lipinski definition) is 2. The molecule has 0 aliphatic carbocycles. The van der Waals surface area contributed by atoms with Crippen LogP contribution in [0.3, 0.4) is 0 Å². The molecule has 9 aromatic rings. The largest absolute Gasteiger partial charge is 0.457 e. The molecule has 0 radical (unpaired) electrons. The van der Waals surface area contributed by atoms with E-state index in [1.807, 2.05) is 30.3 Å². The van der Waals surface area contributed by atoms with Gasteiger partial charge in [0, 0.05) is 21.9 Å². The summed E-state index contributed by atoms with van der Waals surface area (Å²) in [6.07, 6.45) is 0. The third-order valence-corrected chi connectivity index (χ3v) is 8.71. The fourth-order valence-corrected chi connectivity index (χ4v) is 6.65. The lowest BCUT2D eigenvalue weighted by Crippen LogP contribution is -2.34. The second kappa shape index (κ2) is 10.8. The fraction of sp³-hybridized carbons (Fsp3) is 0.0213. The summed E-state index contributed by atoms with van der Waals surface area (Å²) < 4.78 is 205. The number of benzene rings is 8. The van der Waals surface area contributed by atoms with Crippen LogP contribution < -0.4 is 4.74 Å². The van der Waals surface area contributed by atoms with Gasteiger partial charge in [-0.2, -0.15) is 0 Å². The maximum Gasteiger partial charge on any atom is 0.136 e. The Morgan fingerprint density at radius 3 is 1.92 bits per heavy atom. The zero-order valence-corrected chi connectivity index (χ0v) is 25.0. The van der Waals surface area contributed by atoms with Crippen LogP contribution in [0.5, 0.6) is 11.5 Å². The summed E-state index contributed by atoms with van der Waals surface area (Å²) in [5.74, 6) is -1.84. The molecule has 2 nitrogen and oxygen atoms in total. The second-order valence-corrected chi connectivity index (χ2v) is 11.2. The predicted octanol–water partition coefficient (Wildman–Crippen LogP) is 12.6. The molecule has 0 N–H and O–H groups in total. The van der Waals surface area contributed by atoms with Crippen molar-refractivity contribution in [2.75, 3.05) is 0 Å². The number of ether oxygens (including phenoxy) is 1. The number of rotatable bonds is 4. The highest BCUT2D eigenvalue weighted by Gasteiger charge is 2.45. The van der Waals surface area contributed by atoms with Gasteiger partial charge in [0.1, 0.15) is 22.7 Å². The summed E-state index contributed by atoms with van der Waals surface area (Å²) in [7, 11) is 0. The molecule has 2 heteroatoms. The van der Waals surface area contributed by atoms with Gasteiger partial charge in [-0.3, -0.25) is 0 Å². The summed E-state index contributed by atoms with van der Waals surface area (Å²) >= 11 is 0. The molecule has 0 saturated carbocycles. The monoisotopic (exact) mass is 647 g/mol. The Hall–Kier alpha value is -6.38. The molecule has 0 atom stereocenters. The molecule has 8 aromatic carbocycles. The van der Waals surface area contributed by atoms with E-state index in [4.69, 9.17) is 24.2 Å². The van der Waals surface area contributed by atoms with Crippen LogP contribution >= 0.6 is 0 Å². The molecule has 1 aliphatic heterocycles. The smallest absolute Gasteiger partial charge is 0.136 e. The topological polar surface area (TPSA) is 22.4 Å². The van der Waals surface area contributed by atoms with Gasteiger partial charge in [0.25, 0.3) is 0 Å². The van der Waals surface area contributed by atoms with Crippen LogP contribution in [0, 0.1) is 0 Å². The van der Waals surface area contributed by atoms with E-state index in [0.717, 1.165) is 10.8 Å². The zero-order chi connectivity index (χ0) is 50.6. The van der Waals surface area contributed by atoms with Gasteiger partial charge in [0.05, 0.1) is 34.2 Å². The van der Waals surface area contributed by atoms with Gasteiger partial charge in [0.15, 0.2) is 0 Å². The first-order valence-corrected chi connectivity index (χ1v) is 15.0. The van der Waals surface area contributed by atoms with Crippen LogP contribution in [-0.2, 0) is 5.41 Å². The third kappa shape index (κ3) is 4.14. The summed E-state index contributed by atoms with van der Waals surface area (Å²) in [6, 6.07) is -4.85. The Morgan fingerprint density at radius 2 is 1.14 bits per heavy atom. The van der Waals surface area contributed by atoms with Gasteiger partial charge >= 0.3 is 0 Å². The van der Waals surface area contributed by atoms with Crippen LogP contribution in [0.1, 0.15) is 51.0 Å². The first kappa shape index (κ1) is 14.0.